The third-order valence-electron chi connectivity index (χ3n) is 3.40. The molecular weight excluding hydrogens is 287 g/mol. The largest absolute Gasteiger partial charge is 0.435 e. The maximum atomic E-state index is 12.3. The average molecular weight is 305 g/mol. The molecule has 0 saturated carbocycles. The molecule has 0 bridgehead atoms. The highest BCUT2D eigenvalue weighted by Gasteiger charge is 2.33. The fraction of sp³-hybridized carbons (Fsp3) is 0.692. The minimum Gasteiger partial charge on any atom is -0.435 e. The smallest absolute Gasteiger partial charge is 0.401 e. The minimum atomic E-state index is -4.20. The second-order valence-corrected chi connectivity index (χ2v) is 5.06. The summed E-state index contributed by atoms with van der Waals surface area (Å²) in [4.78, 5) is 19.2. The SMILES string of the molecule is CCc1nc(C)c(C(=O)N2CCN(CC(F)(F)F)CC2)o1. The normalized spacial score (nSPS) is 17.3. The first-order valence-electron chi connectivity index (χ1n) is 6.85. The molecule has 5 nitrogen and oxygen atoms in total. The van der Waals surface area contributed by atoms with Gasteiger partial charge in [0, 0.05) is 32.6 Å². The van der Waals surface area contributed by atoms with Gasteiger partial charge in [-0.2, -0.15) is 13.2 Å². The molecule has 0 spiro atoms. The van der Waals surface area contributed by atoms with E-state index in [-0.39, 0.29) is 37.8 Å². The van der Waals surface area contributed by atoms with Crippen molar-refractivity contribution in [2.75, 3.05) is 32.7 Å². The molecule has 0 radical (unpaired) electrons. The summed E-state index contributed by atoms with van der Waals surface area (Å²) in [6.07, 6.45) is -3.61. The van der Waals surface area contributed by atoms with E-state index >= 15 is 0 Å². The van der Waals surface area contributed by atoms with Crippen molar-refractivity contribution in [3.8, 4) is 0 Å². The fourth-order valence-electron chi connectivity index (χ4n) is 2.31. The molecule has 1 saturated heterocycles. The number of oxazole rings is 1. The van der Waals surface area contributed by atoms with E-state index in [1.54, 1.807) is 6.92 Å². The molecule has 0 N–H and O–H groups in total. The molecule has 1 aromatic rings. The number of alkyl halides is 3. The summed E-state index contributed by atoms with van der Waals surface area (Å²) in [5.74, 6) is 0.383. The number of aromatic nitrogens is 1. The molecule has 0 aromatic carbocycles. The van der Waals surface area contributed by atoms with Gasteiger partial charge >= 0.3 is 6.18 Å². The number of halogens is 3. The molecule has 0 atom stereocenters. The second kappa shape index (κ2) is 6.05. The van der Waals surface area contributed by atoms with Crippen LogP contribution in [0.3, 0.4) is 0 Å². The average Bonchev–Trinajstić information content (AvgIpc) is 2.78. The molecule has 21 heavy (non-hydrogen) atoms. The lowest BCUT2D eigenvalue weighted by atomic mass is 10.2. The Balaban J connectivity index is 1.95. The van der Waals surface area contributed by atoms with Crippen LogP contribution in [0.2, 0.25) is 0 Å². The zero-order valence-corrected chi connectivity index (χ0v) is 12.0. The van der Waals surface area contributed by atoms with Crippen LogP contribution in [0.15, 0.2) is 4.42 Å². The lowest BCUT2D eigenvalue weighted by Gasteiger charge is -2.34. The van der Waals surface area contributed by atoms with Gasteiger partial charge in [0.15, 0.2) is 5.89 Å². The number of hydrogen-bond donors (Lipinski definition) is 0. The zero-order valence-electron chi connectivity index (χ0n) is 12.0. The second-order valence-electron chi connectivity index (χ2n) is 5.06. The Morgan fingerprint density at radius 1 is 1.29 bits per heavy atom. The summed E-state index contributed by atoms with van der Waals surface area (Å²) in [6.45, 7) is 3.56. The van der Waals surface area contributed by atoms with E-state index in [1.165, 1.54) is 9.80 Å². The van der Waals surface area contributed by atoms with Crippen molar-refractivity contribution in [3.63, 3.8) is 0 Å². The Labute approximate surface area is 120 Å². The summed E-state index contributed by atoms with van der Waals surface area (Å²) in [5, 5.41) is 0. The summed E-state index contributed by atoms with van der Waals surface area (Å²) in [5.41, 5.74) is 0.523. The standard InChI is InChI=1S/C13H18F3N3O2/c1-3-10-17-9(2)11(21-10)12(20)19-6-4-18(5-7-19)8-13(14,15)16/h3-8H2,1-2H3. The van der Waals surface area contributed by atoms with Crippen molar-refractivity contribution in [3.05, 3.63) is 17.3 Å². The van der Waals surface area contributed by atoms with Gasteiger partial charge in [0.05, 0.1) is 12.2 Å². The Morgan fingerprint density at radius 3 is 2.38 bits per heavy atom. The molecule has 0 aliphatic carbocycles. The van der Waals surface area contributed by atoms with Gasteiger partial charge in [0.2, 0.25) is 5.76 Å². The van der Waals surface area contributed by atoms with Gasteiger partial charge in [0.25, 0.3) is 5.91 Å². The van der Waals surface area contributed by atoms with Crippen LogP contribution in [0, 0.1) is 6.92 Å². The molecule has 1 amide bonds. The number of hydrogen-bond acceptors (Lipinski definition) is 4. The van der Waals surface area contributed by atoms with E-state index < -0.39 is 12.7 Å². The first-order chi connectivity index (χ1) is 9.80. The molecule has 0 unspecified atom stereocenters. The summed E-state index contributed by atoms with van der Waals surface area (Å²) < 4.78 is 42.3. The van der Waals surface area contributed by atoms with Gasteiger partial charge in [0.1, 0.15) is 0 Å². The molecular formula is C13H18F3N3O2. The van der Waals surface area contributed by atoms with E-state index in [9.17, 15) is 18.0 Å². The van der Waals surface area contributed by atoms with Crippen LogP contribution in [-0.2, 0) is 6.42 Å². The Bertz CT molecular complexity index is 505. The lowest BCUT2D eigenvalue weighted by Crippen LogP contribution is -2.50. The van der Waals surface area contributed by atoms with E-state index in [0.717, 1.165) is 0 Å². The van der Waals surface area contributed by atoms with Gasteiger partial charge in [-0.25, -0.2) is 4.98 Å². The number of piperazine rings is 1. The van der Waals surface area contributed by atoms with Gasteiger partial charge in [-0.3, -0.25) is 9.69 Å². The highest BCUT2D eigenvalue weighted by Crippen LogP contribution is 2.19. The number of aryl methyl sites for hydroxylation is 2. The summed E-state index contributed by atoms with van der Waals surface area (Å²) >= 11 is 0. The topological polar surface area (TPSA) is 49.6 Å². The molecule has 2 heterocycles. The number of carbonyl (C=O) groups is 1. The molecule has 118 valence electrons. The Kier molecular flexibility index (Phi) is 4.55. The van der Waals surface area contributed by atoms with Gasteiger partial charge in [-0.15, -0.1) is 0 Å². The van der Waals surface area contributed by atoms with Crippen molar-refractivity contribution < 1.29 is 22.4 Å². The predicted molar refractivity (Wildman–Crippen MR) is 69.0 cm³/mol. The third kappa shape index (κ3) is 3.96. The zero-order chi connectivity index (χ0) is 15.6. The van der Waals surface area contributed by atoms with Gasteiger partial charge < -0.3 is 9.32 Å². The van der Waals surface area contributed by atoms with Crippen LogP contribution >= 0.6 is 0 Å². The van der Waals surface area contributed by atoms with E-state index in [0.29, 0.717) is 18.0 Å². The number of rotatable bonds is 3. The molecule has 1 aliphatic rings. The number of amides is 1. The molecule has 1 aromatic heterocycles. The van der Waals surface area contributed by atoms with E-state index in [1.807, 2.05) is 6.92 Å². The van der Waals surface area contributed by atoms with Crippen molar-refractivity contribution in [1.82, 2.24) is 14.8 Å². The predicted octanol–water partition coefficient (Wildman–Crippen LogP) is 1.87. The van der Waals surface area contributed by atoms with Crippen molar-refractivity contribution in [2.24, 2.45) is 0 Å². The molecule has 1 fully saturated rings. The molecule has 1 aliphatic heterocycles. The van der Waals surface area contributed by atoms with Crippen molar-refractivity contribution in [1.29, 1.82) is 0 Å². The molecule has 8 heteroatoms. The van der Waals surface area contributed by atoms with Crippen molar-refractivity contribution >= 4 is 5.91 Å². The van der Waals surface area contributed by atoms with Crippen LogP contribution in [0.25, 0.3) is 0 Å². The maximum absolute atomic E-state index is 12.3. The minimum absolute atomic E-state index is 0.191. The van der Waals surface area contributed by atoms with Crippen LogP contribution in [0.5, 0.6) is 0 Å². The van der Waals surface area contributed by atoms with Crippen LogP contribution in [0.4, 0.5) is 13.2 Å². The number of nitrogens with zero attached hydrogens (tertiary/aromatic N) is 3. The van der Waals surface area contributed by atoms with E-state index in [2.05, 4.69) is 4.98 Å². The van der Waals surface area contributed by atoms with Gasteiger partial charge in [-0.05, 0) is 6.92 Å². The van der Waals surface area contributed by atoms with Crippen LogP contribution < -0.4 is 0 Å². The van der Waals surface area contributed by atoms with Gasteiger partial charge in [-0.1, -0.05) is 6.92 Å². The maximum Gasteiger partial charge on any atom is 0.401 e. The first-order valence-corrected chi connectivity index (χ1v) is 6.85. The lowest BCUT2D eigenvalue weighted by molar-refractivity contribution is -0.148. The highest BCUT2D eigenvalue weighted by atomic mass is 19.4. The summed E-state index contributed by atoms with van der Waals surface area (Å²) in [7, 11) is 0. The summed E-state index contributed by atoms with van der Waals surface area (Å²) in [6, 6.07) is 0. The molecule has 2 rings (SSSR count). The van der Waals surface area contributed by atoms with Crippen LogP contribution in [0.1, 0.15) is 29.1 Å². The van der Waals surface area contributed by atoms with Crippen LogP contribution in [-0.4, -0.2) is 59.6 Å². The fourth-order valence-corrected chi connectivity index (χ4v) is 2.31. The highest BCUT2D eigenvalue weighted by molar-refractivity contribution is 5.92. The van der Waals surface area contributed by atoms with E-state index in [4.69, 9.17) is 4.42 Å². The number of carbonyl (C=O) groups excluding carboxylic acids is 1. The first kappa shape index (κ1) is 15.8. The monoisotopic (exact) mass is 305 g/mol. The third-order valence-corrected chi connectivity index (χ3v) is 3.40. The Hall–Kier alpha value is -1.57. The Morgan fingerprint density at radius 2 is 1.90 bits per heavy atom. The quantitative estimate of drug-likeness (QED) is 0.855. The van der Waals surface area contributed by atoms with Crippen molar-refractivity contribution in [2.45, 2.75) is 26.4 Å².